The highest BCUT2D eigenvalue weighted by Crippen LogP contribution is 2.12. The maximum absolute atomic E-state index is 12.2. The first-order chi connectivity index (χ1) is 14.2. The maximum Gasteiger partial charge on any atom is 0.328 e. The largest absolute Gasteiger partial charge is 0.491 e. The molecule has 2 N–H and O–H groups in total. The van der Waals surface area contributed by atoms with Crippen LogP contribution in [0, 0.1) is 5.92 Å². The van der Waals surface area contributed by atoms with Gasteiger partial charge in [-0.05, 0) is 44.3 Å². The first kappa shape index (κ1) is 27.2. The number of allylic oxidation sites excluding steroid dienone is 3. The molecule has 0 aliphatic rings. The second-order valence-electron chi connectivity index (χ2n) is 7.12. The Morgan fingerprint density at radius 2 is 1.93 bits per heavy atom. The Balaban J connectivity index is 4.60. The zero-order chi connectivity index (χ0) is 22.9. The summed E-state index contributed by atoms with van der Waals surface area (Å²) in [5.41, 5.74) is 0.291. The molecule has 0 aliphatic heterocycles. The van der Waals surface area contributed by atoms with Crippen LogP contribution in [0.3, 0.4) is 0 Å². The molecule has 0 saturated heterocycles. The van der Waals surface area contributed by atoms with Gasteiger partial charge in [-0.3, -0.25) is 9.59 Å². The number of aliphatic carboxylic acids is 1. The summed E-state index contributed by atoms with van der Waals surface area (Å²) in [6.45, 7) is 10.9. The van der Waals surface area contributed by atoms with E-state index in [9.17, 15) is 14.4 Å². The third kappa shape index (κ3) is 13.4. The topological polar surface area (TPSA) is 95.9 Å². The molecule has 0 spiro atoms. The summed E-state index contributed by atoms with van der Waals surface area (Å²) in [5.74, 6) is -0.504. The van der Waals surface area contributed by atoms with Gasteiger partial charge in [-0.2, -0.15) is 0 Å². The Morgan fingerprint density at radius 3 is 2.53 bits per heavy atom. The van der Waals surface area contributed by atoms with E-state index in [0.29, 0.717) is 43.4 Å². The standard InChI is InChI=1S/C23H36N2O5/c1-6-11-22(27)25(5)16-9-8-13-21(26)24-19(4)20(12-10-14-23(28)29)30-17-15-18(3)7-2/h6,10-12,14,18H,4,7-9,13,15-17H2,1-3,5H3,(H,24,26)(H,28,29)/b11-6-,14-10+,20-12+. The van der Waals surface area contributed by atoms with Crippen molar-refractivity contribution >= 4 is 17.8 Å². The molecule has 30 heavy (non-hydrogen) atoms. The molecule has 0 bridgehead atoms. The Bertz CT molecular complexity index is 665. The molecule has 2 amide bonds. The molecule has 7 heteroatoms. The van der Waals surface area contributed by atoms with Crippen molar-refractivity contribution < 1.29 is 24.2 Å². The minimum atomic E-state index is -1.07. The highest BCUT2D eigenvalue weighted by atomic mass is 16.5. The molecule has 0 aliphatic carbocycles. The molecule has 0 rings (SSSR count). The highest BCUT2D eigenvalue weighted by molar-refractivity contribution is 5.87. The normalized spacial score (nSPS) is 12.7. The van der Waals surface area contributed by atoms with Gasteiger partial charge in [0.15, 0.2) is 0 Å². The van der Waals surface area contributed by atoms with Crippen molar-refractivity contribution in [3.05, 3.63) is 48.4 Å². The number of hydrogen-bond acceptors (Lipinski definition) is 4. The van der Waals surface area contributed by atoms with E-state index in [1.807, 2.05) is 0 Å². The second-order valence-corrected chi connectivity index (χ2v) is 7.12. The van der Waals surface area contributed by atoms with E-state index in [2.05, 4.69) is 25.7 Å². The van der Waals surface area contributed by atoms with Crippen molar-refractivity contribution in [3.63, 3.8) is 0 Å². The molecule has 0 saturated carbocycles. The molecule has 1 unspecified atom stereocenters. The Kier molecular flexibility index (Phi) is 14.5. The molecule has 0 heterocycles. The number of hydrogen-bond donors (Lipinski definition) is 2. The van der Waals surface area contributed by atoms with Crippen molar-refractivity contribution in [1.82, 2.24) is 10.2 Å². The number of rotatable bonds is 15. The number of nitrogens with zero attached hydrogens (tertiary/aromatic N) is 1. The van der Waals surface area contributed by atoms with E-state index in [4.69, 9.17) is 9.84 Å². The number of carboxylic acid groups (broad SMARTS) is 1. The minimum Gasteiger partial charge on any atom is -0.491 e. The average Bonchev–Trinajstić information content (AvgIpc) is 2.69. The SMILES string of the molecule is C=C(NC(=O)CCCCN(C)C(=O)/C=C\C)/C(=C\C=C\C(=O)O)OCCC(C)CC. The summed E-state index contributed by atoms with van der Waals surface area (Å²) in [6.07, 6.45) is 10.5. The predicted molar refractivity (Wildman–Crippen MR) is 118 cm³/mol. The smallest absolute Gasteiger partial charge is 0.328 e. The van der Waals surface area contributed by atoms with Gasteiger partial charge in [0.25, 0.3) is 0 Å². The zero-order valence-corrected chi connectivity index (χ0v) is 18.6. The van der Waals surface area contributed by atoms with Crippen LogP contribution < -0.4 is 5.32 Å². The van der Waals surface area contributed by atoms with Crippen LogP contribution in [0.4, 0.5) is 0 Å². The van der Waals surface area contributed by atoms with Crippen molar-refractivity contribution in [3.8, 4) is 0 Å². The van der Waals surface area contributed by atoms with E-state index in [1.165, 1.54) is 18.2 Å². The number of likely N-dealkylation sites (N-methyl/N-ethyl adjacent to an activating group) is 1. The fourth-order valence-corrected chi connectivity index (χ4v) is 2.33. The van der Waals surface area contributed by atoms with Crippen LogP contribution in [0.25, 0.3) is 0 Å². The molecule has 0 fully saturated rings. The monoisotopic (exact) mass is 420 g/mol. The first-order valence-corrected chi connectivity index (χ1v) is 10.3. The number of carbonyl (C=O) groups excluding carboxylic acids is 2. The van der Waals surface area contributed by atoms with Crippen LogP contribution in [0.2, 0.25) is 0 Å². The van der Waals surface area contributed by atoms with Gasteiger partial charge in [0.1, 0.15) is 5.76 Å². The number of unbranched alkanes of at least 4 members (excludes halogenated alkanes) is 1. The van der Waals surface area contributed by atoms with E-state index in [0.717, 1.165) is 18.9 Å². The second kappa shape index (κ2) is 16.0. The lowest BCUT2D eigenvalue weighted by Gasteiger charge is -2.16. The molecule has 0 aromatic carbocycles. The molecular weight excluding hydrogens is 384 g/mol. The highest BCUT2D eigenvalue weighted by Gasteiger charge is 2.10. The predicted octanol–water partition coefficient (Wildman–Crippen LogP) is 3.80. The molecule has 0 aromatic rings. The summed E-state index contributed by atoms with van der Waals surface area (Å²) in [4.78, 5) is 36.1. The van der Waals surface area contributed by atoms with E-state index < -0.39 is 5.97 Å². The summed E-state index contributed by atoms with van der Waals surface area (Å²) in [7, 11) is 1.72. The van der Waals surface area contributed by atoms with E-state index >= 15 is 0 Å². The van der Waals surface area contributed by atoms with Gasteiger partial charge in [-0.25, -0.2) is 4.79 Å². The molecular formula is C23H36N2O5. The van der Waals surface area contributed by atoms with Crippen LogP contribution in [0.1, 0.15) is 52.9 Å². The van der Waals surface area contributed by atoms with Gasteiger partial charge in [0.2, 0.25) is 11.8 Å². The van der Waals surface area contributed by atoms with Gasteiger partial charge in [0, 0.05) is 26.1 Å². The molecule has 7 nitrogen and oxygen atoms in total. The third-order valence-electron chi connectivity index (χ3n) is 4.47. The Labute approximate surface area is 180 Å². The average molecular weight is 421 g/mol. The number of carbonyl (C=O) groups is 3. The van der Waals surface area contributed by atoms with Crippen LogP contribution in [0.15, 0.2) is 48.4 Å². The fraction of sp³-hybridized carbons (Fsp3) is 0.522. The van der Waals surface area contributed by atoms with Crippen LogP contribution in [-0.4, -0.2) is 48.0 Å². The molecule has 0 aromatic heterocycles. The number of nitrogens with one attached hydrogen (secondary N) is 1. The lowest BCUT2D eigenvalue weighted by Crippen LogP contribution is -2.27. The zero-order valence-electron chi connectivity index (χ0n) is 18.6. The van der Waals surface area contributed by atoms with Crippen molar-refractivity contribution in [1.29, 1.82) is 0 Å². The Hall–Kier alpha value is -2.83. The van der Waals surface area contributed by atoms with Crippen molar-refractivity contribution in [2.45, 2.75) is 52.9 Å². The van der Waals surface area contributed by atoms with Crippen molar-refractivity contribution in [2.24, 2.45) is 5.92 Å². The maximum atomic E-state index is 12.2. The first-order valence-electron chi connectivity index (χ1n) is 10.3. The third-order valence-corrected chi connectivity index (χ3v) is 4.47. The van der Waals surface area contributed by atoms with Crippen LogP contribution >= 0.6 is 0 Å². The minimum absolute atomic E-state index is 0.0611. The van der Waals surface area contributed by atoms with Gasteiger partial charge < -0.3 is 20.1 Å². The van der Waals surface area contributed by atoms with Gasteiger partial charge >= 0.3 is 5.97 Å². The Morgan fingerprint density at radius 1 is 1.23 bits per heavy atom. The number of carboxylic acids is 1. The van der Waals surface area contributed by atoms with E-state index in [-0.39, 0.29) is 18.2 Å². The molecule has 168 valence electrons. The van der Waals surface area contributed by atoms with Crippen molar-refractivity contribution in [2.75, 3.05) is 20.2 Å². The van der Waals surface area contributed by atoms with Gasteiger partial charge in [-0.1, -0.05) is 39.0 Å². The summed E-state index contributed by atoms with van der Waals surface area (Å²) < 4.78 is 5.72. The lowest BCUT2D eigenvalue weighted by atomic mass is 10.1. The van der Waals surface area contributed by atoms with Crippen LogP contribution in [-0.2, 0) is 19.1 Å². The lowest BCUT2D eigenvalue weighted by molar-refractivity contribution is -0.131. The fourth-order valence-electron chi connectivity index (χ4n) is 2.33. The molecule has 0 radical (unpaired) electrons. The summed E-state index contributed by atoms with van der Waals surface area (Å²) in [6, 6.07) is 0. The number of ether oxygens (including phenoxy) is 1. The van der Waals surface area contributed by atoms with Gasteiger partial charge in [-0.15, -0.1) is 0 Å². The number of amides is 2. The van der Waals surface area contributed by atoms with E-state index in [1.54, 1.807) is 24.9 Å². The summed E-state index contributed by atoms with van der Waals surface area (Å²) >= 11 is 0. The van der Waals surface area contributed by atoms with Crippen LogP contribution in [0.5, 0.6) is 0 Å². The quantitative estimate of drug-likeness (QED) is 0.182. The molecule has 1 atom stereocenters. The van der Waals surface area contributed by atoms with Gasteiger partial charge in [0.05, 0.1) is 12.3 Å². The summed E-state index contributed by atoms with van der Waals surface area (Å²) in [5, 5.41) is 11.4.